The number of rotatable bonds is 6. The lowest BCUT2D eigenvalue weighted by atomic mass is 10.0. The highest BCUT2D eigenvalue weighted by Crippen LogP contribution is 2.36. The van der Waals surface area contributed by atoms with E-state index in [2.05, 4.69) is 21.4 Å². The summed E-state index contributed by atoms with van der Waals surface area (Å²) in [5.74, 6) is -0.511. The van der Waals surface area contributed by atoms with Crippen molar-refractivity contribution < 1.29 is 18.4 Å². The Kier molecular flexibility index (Phi) is 6.77. The van der Waals surface area contributed by atoms with Gasteiger partial charge in [-0.15, -0.1) is 11.3 Å². The average Bonchev–Trinajstić information content (AvgIpc) is 3.35. The van der Waals surface area contributed by atoms with Gasteiger partial charge < -0.3 is 15.0 Å². The van der Waals surface area contributed by atoms with Crippen molar-refractivity contribution in [2.75, 3.05) is 23.3 Å². The zero-order chi connectivity index (χ0) is 27.0. The lowest BCUT2D eigenvalue weighted by Crippen LogP contribution is -2.40. The number of nitrogens with zero attached hydrogens (tertiary/aromatic N) is 5. The first kappa shape index (κ1) is 25.3. The number of aromatic nitrogens is 2. The lowest BCUT2D eigenvalue weighted by Gasteiger charge is -2.34. The fourth-order valence-corrected chi connectivity index (χ4v) is 5.39. The molecule has 12 heteroatoms. The highest BCUT2D eigenvalue weighted by Gasteiger charge is 2.27. The van der Waals surface area contributed by atoms with Gasteiger partial charge in [0.1, 0.15) is 16.3 Å². The molecule has 0 radical (unpaired) electrons. The fraction of sp³-hybridized carbons (Fsp3) is 0.269. The van der Waals surface area contributed by atoms with Crippen LogP contribution in [0, 0.1) is 46.9 Å². The second kappa shape index (κ2) is 10.2. The molecular weight excluding hydrogens is 514 g/mol. The number of piperidine rings is 1. The number of fused-ring (bicyclic) bond motifs is 1. The van der Waals surface area contributed by atoms with Gasteiger partial charge in [-0.2, -0.15) is 10.2 Å². The first-order valence-electron chi connectivity index (χ1n) is 11.8. The van der Waals surface area contributed by atoms with E-state index in [0.717, 1.165) is 33.5 Å². The van der Waals surface area contributed by atoms with Crippen LogP contribution in [0.1, 0.15) is 29.5 Å². The van der Waals surface area contributed by atoms with Gasteiger partial charge in [0.2, 0.25) is 11.8 Å². The normalized spacial score (nSPS) is 13.9. The molecule has 1 saturated heterocycles. The third-order valence-electron chi connectivity index (χ3n) is 6.44. The van der Waals surface area contributed by atoms with Crippen molar-refractivity contribution in [3.63, 3.8) is 0 Å². The molecule has 1 fully saturated rings. The molecule has 38 heavy (non-hydrogen) atoms. The number of nitrogens with one attached hydrogen (secondary N) is 1. The number of thiophene rings is 1. The van der Waals surface area contributed by atoms with Gasteiger partial charge in [0.05, 0.1) is 34.1 Å². The fourth-order valence-electron chi connectivity index (χ4n) is 4.63. The summed E-state index contributed by atoms with van der Waals surface area (Å²) in [6, 6.07) is 8.98. The van der Waals surface area contributed by atoms with E-state index in [1.807, 2.05) is 25.3 Å². The van der Waals surface area contributed by atoms with Gasteiger partial charge in [0.15, 0.2) is 11.6 Å². The van der Waals surface area contributed by atoms with Gasteiger partial charge in [-0.25, -0.2) is 13.8 Å². The Labute approximate surface area is 220 Å². The number of ether oxygens (including phenoxy) is 1. The van der Waals surface area contributed by atoms with Crippen LogP contribution in [0.4, 0.5) is 26.1 Å². The topological polar surface area (TPSA) is 117 Å². The molecule has 0 saturated carbocycles. The van der Waals surface area contributed by atoms with Gasteiger partial charge in [0, 0.05) is 19.1 Å². The van der Waals surface area contributed by atoms with Crippen molar-refractivity contribution in [2.24, 2.45) is 0 Å². The Hall–Kier alpha value is -4.37. The number of hydrogen-bond donors (Lipinski definition) is 1. The highest BCUT2D eigenvalue weighted by atomic mass is 32.1. The summed E-state index contributed by atoms with van der Waals surface area (Å²) in [6.07, 6.45) is 1.09. The summed E-state index contributed by atoms with van der Waals surface area (Å²) in [5.41, 5.74) is 1.31. The zero-order valence-corrected chi connectivity index (χ0v) is 21.3. The summed E-state index contributed by atoms with van der Waals surface area (Å²) in [5, 5.41) is 26.1. The van der Waals surface area contributed by atoms with Crippen LogP contribution < -0.4 is 15.0 Å². The lowest BCUT2D eigenvalue weighted by molar-refractivity contribution is -0.385. The molecule has 1 aliphatic heterocycles. The van der Waals surface area contributed by atoms with E-state index in [4.69, 9.17) is 4.74 Å². The first-order valence-corrected chi connectivity index (χ1v) is 12.7. The second-order valence-electron chi connectivity index (χ2n) is 9.07. The van der Waals surface area contributed by atoms with Crippen LogP contribution >= 0.6 is 11.3 Å². The van der Waals surface area contributed by atoms with Gasteiger partial charge in [-0.3, -0.25) is 10.1 Å². The van der Waals surface area contributed by atoms with Crippen LogP contribution in [0.2, 0.25) is 0 Å². The molecule has 2 aromatic heterocycles. The highest BCUT2D eigenvalue weighted by molar-refractivity contribution is 7.16. The minimum atomic E-state index is -0.954. The van der Waals surface area contributed by atoms with Crippen LogP contribution in [0.5, 0.6) is 11.6 Å². The maximum absolute atomic E-state index is 14.5. The molecule has 3 heterocycles. The van der Waals surface area contributed by atoms with Crippen molar-refractivity contribution in [3.05, 3.63) is 74.2 Å². The summed E-state index contributed by atoms with van der Waals surface area (Å²) in [4.78, 5) is 21.6. The van der Waals surface area contributed by atoms with Crippen LogP contribution in [0.15, 0.2) is 35.7 Å². The van der Waals surface area contributed by atoms with E-state index < -0.39 is 22.2 Å². The summed E-state index contributed by atoms with van der Waals surface area (Å²) in [7, 11) is 0. The number of aryl methyl sites for hydroxylation is 2. The number of nitro benzene ring substituents is 1. The van der Waals surface area contributed by atoms with Crippen LogP contribution in [-0.2, 0) is 0 Å². The van der Waals surface area contributed by atoms with Crippen molar-refractivity contribution in [1.29, 1.82) is 5.26 Å². The molecule has 5 rings (SSSR count). The van der Waals surface area contributed by atoms with Gasteiger partial charge >= 0.3 is 0 Å². The summed E-state index contributed by atoms with van der Waals surface area (Å²) in [6.45, 7) is 4.44. The van der Waals surface area contributed by atoms with Crippen LogP contribution in [0.3, 0.4) is 0 Å². The molecule has 1 N–H and O–H groups in total. The minimum absolute atomic E-state index is 0.0564. The van der Waals surface area contributed by atoms with E-state index in [1.54, 1.807) is 17.0 Å². The van der Waals surface area contributed by atoms with Crippen molar-refractivity contribution in [2.45, 2.75) is 32.7 Å². The molecule has 0 atom stereocenters. The monoisotopic (exact) mass is 536 g/mol. The number of nitro groups is 1. The number of non-ortho nitro benzene ring substituents is 1. The zero-order valence-electron chi connectivity index (χ0n) is 20.5. The molecule has 0 amide bonds. The molecule has 9 nitrogen and oxygen atoms in total. The first-order chi connectivity index (χ1) is 18.2. The smallest absolute Gasteiger partial charge is 0.275 e. The molecule has 0 unspecified atom stereocenters. The number of benzene rings is 2. The molecule has 0 aliphatic carbocycles. The third-order valence-corrected chi connectivity index (χ3v) is 7.24. The second-order valence-corrected chi connectivity index (χ2v) is 9.96. The Morgan fingerprint density at radius 1 is 1.16 bits per heavy atom. The van der Waals surface area contributed by atoms with E-state index in [-0.39, 0.29) is 11.7 Å². The van der Waals surface area contributed by atoms with Gasteiger partial charge in [-0.1, -0.05) is 0 Å². The maximum Gasteiger partial charge on any atom is 0.275 e. The van der Waals surface area contributed by atoms with Gasteiger partial charge in [0.25, 0.3) is 5.69 Å². The number of hydrogen-bond acceptors (Lipinski definition) is 9. The molecule has 0 spiro atoms. The van der Waals surface area contributed by atoms with E-state index in [0.29, 0.717) is 49.1 Å². The quantitative estimate of drug-likeness (QED) is 0.227. The maximum atomic E-state index is 14.5. The van der Waals surface area contributed by atoms with E-state index >= 15 is 0 Å². The van der Waals surface area contributed by atoms with Crippen molar-refractivity contribution in [3.8, 4) is 17.7 Å². The minimum Gasteiger partial charge on any atom is -0.438 e. The largest absolute Gasteiger partial charge is 0.438 e. The Bertz CT molecular complexity index is 1550. The van der Waals surface area contributed by atoms with E-state index in [1.165, 1.54) is 11.3 Å². The Balaban J connectivity index is 1.33. The van der Waals surface area contributed by atoms with Crippen LogP contribution in [-0.4, -0.2) is 34.0 Å². The van der Waals surface area contributed by atoms with Gasteiger partial charge in [-0.05, 0) is 61.4 Å². The predicted octanol–water partition coefficient (Wildman–Crippen LogP) is 6.24. The summed E-state index contributed by atoms with van der Waals surface area (Å²) >= 11 is 1.45. The molecule has 2 aromatic carbocycles. The number of halogens is 2. The Morgan fingerprint density at radius 2 is 1.82 bits per heavy atom. The molecular formula is C26H22F2N6O3S. The van der Waals surface area contributed by atoms with Crippen molar-refractivity contribution in [1.82, 2.24) is 9.97 Å². The van der Waals surface area contributed by atoms with Crippen LogP contribution in [0.25, 0.3) is 10.2 Å². The standard InChI is InChI=1S/C26H22F2N6O3S/c1-14-9-16(13-29)10-15(2)23(14)37-24-19-5-8-38-25(19)32-26(31-24)30-17-3-6-33(7-4-17)22-20(27)11-18(34(35)36)12-21(22)28/h5,8-12,17H,3-4,6-7H2,1-2H3,(H,30,31,32). The number of anilines is 2. The van der Waals surface area contributed by atoms with Crippen molar-refractivity contribution >= 4 is 38.9 Å². The molecule has 4 aromatic rings. The number of nitriles is 1. The Morgan fingerprint density at radius 3 is 2.42 bits per heavy atom. The predicted molar refractivity (Wildman–Crippen MR) is 140 cm³/mol. The average molecular weight is 537 g/mol. The molecule has 1 aliphatic rings. The molecule has 0 bridgehead atoms. The third kappa shape index (κ3) is 4.92. The van der Waals surface area contributed by atoms with E-state index in [9.17, 15) is 24.2 Å². The SMILES string of the molecule is Cc1cc(C#N)cc(C)c1Oc1nc(NC2CCN(c3c(F)cc([N+](=O)[O-])cc3F)CC2)nc2sccc12. The molecule has 194 valence electrons. The summed E-state index contributed by atoms with van der Waals surface area (Å²) < 4.78 is 35.2.